The Morgan fingerprint density at radius 2 is 0.919 bits per heavy atom. The van der Waals surface area contributed by atoms with E-state index >= 15 is 0 Å². The van der Waals surface area contributed by atoms with Crippen LogP contribution in [0.4, 0.5) is 0 Å². The Balaban J connectivity index is 3.45. The summed E-state index contributed by atoms with van der Waals surface area (Å²) >= 11 is 0. The highest BCUT2D eigenvalue weighted by Gasteiger charge is 2.12. The van der Waals surface area contributed by atoms with Gasteiger partial charge >= 0.3 is 11.9 Å². The second-order valence-electron chi connectivity index (χ2n) is 11.7. The fourth-order valence-corrected chi connectivity index (χ4v) is 4.48. The monoisotopic (exact) mass is 526 g/mol. The van der Waals surface area contributed by atoms with Crippen molar-refractivity contribution in [2.75, 3.05) is 13.2 Å². The molecule has 2 atom stereocenters. The van der Waals surface area contributed by atoms with Crippen molar-refractivity contribution in [1.29, 1.82) is 0 Å². The van der Waals surface area contributed by atoms with Crippen molar-refractivity contribution in [3.63, 3.8) is 0 Å². The minimum Gasteiger partial charge on any atom is -0.463 e. The number of aliphatic hydroxyl groups excluding tert-OH is 1. The fraction of sp³-hybridized carbons (Fsp3) is 0.938. The third kappa shape index (κ3) is 27.7. The van der Waals surface area contributed by atoms with E-state index in [4.69, 9.17) is 9.47 Å². The highest BCUT2D eigenvalue weighted by atomic mass is 16.6. The van der Waals surface area contributed by atoms with Gasteiger partial charge in [0.05, 0.1) is 0 Å². The van der Waals surface area contributed by atoms with Crippen molar-refractivity contribution < 1.29 is 24.2 Å². The van der Waals surface area contributed by atoms with Crippen LogP contribution in [0.1, 0.15) is 163 Å². The Bertz CT molecular complexity index is 519. The summed E-state index contributed by atoms with van der Waals surface area (Å²) in [5.74, 6) is 1.11. The molecule has 5 heteroatoms. The molecule has 0 aliphatic carbocycles. The van der Waals surface area contributed by atoms with Crippen LogP contribution in [-0.2, 0) is 19.1 Å². The molecule has 220 valence electrons. The molecule has 0 bridgehead atoms. The quantitative estimate of drug-likeness (QED) is 0.0854. The van der Waals surface area contributed by atoms with Crippen molar-refractivity contribution in [2.45, 2.75) is 169 Å². The number of hydrogen-bond donors (Lipinski definition) is 1. The number of unbranched alkanes of at least 4 members (excludes halogenated alkanes) is 14. The Hall–Kier alpha value is -1.10. The molecule has 0 fully saturated rings. The maximum Gasteiger partial charge on any atom is 0.305 e. The molecule has 0 amide bonds. The van der Waals surface area contributed by atoms with E-state index in [1.54, 1.807) is 0 Å². The molecule has 0 aromatic rings. The second kappa shape index (κ2) is 26.5. The van der Waals surface area contributed by atoms with Crippen molar-refractivity contribution in [2.24, 2.45) is 11.8 Å². The van der Waals surface area contributed by atoms with Gasteiger partial charge in [-0.25, -0.2) is 0 Å². The third-order valence-corrected chi connectivity index (χ3v) is 7.31. The summed E-state index contributed by atoms with van der Waals surface area (Å²) in [6.07, 6.45) is 22.9. The van der Waals surface area contributed by atoms with Gasteiger partial charge in [0.1, 0.15) is 19.3 Å². The summed E-state index contributed by atoms with van der Waals surface area (Å²) in [6, 6.07) is 0. The molecule has 1 N–H and O–H groups in total. The summed E-state index contributed by atoms with van der Waals surface area (Å²) in [7, 11) is 0. The van der Waals surface area contributed by atoms with E-state index in [0.717, 1.165) is 50.4 Å². The number of carbonyl (C=O) groups excluding carboxylic acids is 2. The summed E-state index contributed by atoms with van der Waals surface area (Å²) in [6.45, 7) is 8.94. The molecular formula is C32H62O5. The third-order valence-electron chi connectivity index (χ3n) is 7.31. The fourth-order valence-electron chi connectivity index (χ4n) is 4.48. The lowest BCUT2D eigenvalue weighted by molar-refractivity contribution is -0.152. The molecule has 0 radical (unpaired) electrons. The van der Waals surface area contributed by atoms with Gasteiger partial charge in [0, 0.05) is 12.8 Å². The average Bonchev–Trinajstić information content (AvgIpc) is 2.87. The smallest absolute Gasteiger partial charge is 0.305 e. The van der Waals surface area contributed by atoms with Crippen LogP contribution in [0.3, 0.4) is 0 Å². The van der Waals surface area contributed by atoms with Gasteiger partial charge in [-0.1, -0.05) is 137 Å². The first-order valence-electron chi connectivity index (χ1n) is 15.8. The normalized spacial score (nSPS) is 13.0. The first-order valence-corrected chi connectivity index (χ1v) is 15.8. The minimum atomic E-state index is -0.955. The highest BCUT2D eigenvalue weighted by molar-refractivity contribution is 5.69. The van der Waals surface area contributed by atoms with Gasteiger partial charge in [0.2, 0.25) is 0 Å². The van der Waals surface area contributed by atoms with Crippen molar-refractivity contribution in [3.8, 4) is 0 Å². The number of ether oxygens (including phenoxy) is 2. The van der Waals surface area contributed by atoms with Gasteiger partial charge in [-0.05, 0) is 24.7 Å². The molecule has 0 saturated heterocycles. The Morgan fingerprint density at radius 3 is 1.30 bits per heavy atom. The van der Waals surface area contributed by atoms with Crippen LogP contribution < -0.4 is 0 Å². The van der Waals surface area contributed by atoms with Crippen molar-refractivity contribution in [3.05, 3.63) is 0 Å². The van der Waals surface area contributed by atoms with Crippen LogP contribution in [0, 0.1) is 11.8 Å². The number of esters is 2. The van der Waals surface area contributed by atoms with Gasteiger partial charge in [-0.3, -0.25) is 9.59 Å². The summed E-state index contributed by atoms with van der Waals surface area (Å²) in [5.41, 5.74) is 0. The summed E-state index contributed by atoms with van der Waals surface area (Å²) in [5, 5.41) is 9.93. The van der Waals surface area contributed by atoms with Gasteiger partial charge in [-0.2, -0.15) is 0 Å². The maximum absolute atomic E-state index is 11.9. The van der Waals surface area contributed by atoms with Crippen LogP contribution in [0.2, 0.25) is 0 Å². The van der Waals surface area contributed by atoms with Gasteiger partial charge in [0.25, 0.3) is 0 Å². The first-order chi connectivity index (χ1) is 17.8. The second-order valence-corrected chi connectivity index (χ2v) is 11.7. The zero-order valence-electron chi connectivity index (χ0n) is 25.1. The minimum absolute atomic E-state index is 0.111. The Labute approximate surface area is 229 Å². The van der Waals surface area contributed by atoms with Crippen LogP contribution in [-0.4, -0.2) is 36.4 Å². The van der Waals surface area contributed by atoms with E-state index < -0.39 is 6.10 Å². The molecule has 0 rings (SSSR count). The predicted octanol–water partition coefficient (Wildman–Crippen LogP) is 8.94. The van der Waals surface area contributed by atoms with E-state index in [9.17, 15) is 14.7 Å². The van der Waals surface area contributed by atoms with Crippen LogP contribution in [0.25, 0.3) is 0 Å². The van der Waals surface area contributed by atoms with Gasteiger partial charge in [0.15, 0.2) is 0 Å². The molecular weight excluding hydrogens is 464 g/mol. The van der Waals surface area contributed by atoms with E-state index in [2.05, 4.69) is 27.7 Å². The van der Waals surface area contributed by atoms with E-state index in [1.165, 1.54) is 83.5 Å². The summed E-state index contributed by atoms with van der Waals surface area (Å²) < 4.78 is 10.3. The molecule has 0 aliphatic heterocycles. The van der Waals surface area contributed by atoms with E-state index in [0.29, 0.717) is 12.8 Å². The van der Waals surface area contributed by atoms with E-state index in [-0.39, 0.29) is 25.2 Å². The Morgan fingerprint density at radius 1 is 0.568 bits per heavy atom. The first kappa shape index (κ1) is 35.9. The topological polar surface area (TPSA) is 72.8 Å². The molecule has 0 saturated carbocycles. The SMILES string of the molecule is CCC(C)CCCCCCCCCCC(=O)OC[C@H](O)COC(=O)CCCCCCCCCCC(C)C. The average molecular weight is 527 g/mol. The zero-order valence-corrected chi connectivity index (χ0v) is 25.1. The van der Waals surface area contributed by atoms with Crippen LogP contribution >= 0.6 is 0 Å². The largest absolute Gasteiger partial charge is 0.463 e. The lowest BCUT2D eigenvalue weighted by Crippen LogP contribution is -2.25. The standard InChI is InChI=1S/C32H62O5/c1-5-29(4)23-19-15-11-7-9-13-17-21-25-32(35)37-27-30(33)26-36-31(34)24-20-16-12-8-6-10-14-18-22-28(2)3/h28-30,33H,5-27H2,1-4H3/t29?,30-/m1/s1. The van der Waals surface area contributed by atoms with Crippen molar-refractivity contribution in [1.82, 2.24) is 0 Å². The molecule has 1 unspecified atom stereocenters. The molecule has 0 aliphatic rings. The maximum atomic E-state index is 11.9. The Kier molecular flexibility index (Phi) is 25.7. The number of carbonyl (C=O) groups is 2. The van der Waals surface area contributed by atoms with Crippen LogP contribution in [0.5, 0.6) is 0 Å². The molecule has 0 spiro atoms. The zero-order chi connectivity index (χ0) is 27.6. The number of aliphatic hydroxyl groups is 1. The highest BCUT2D eigenvalue weighted by Crippen LogP contribution is 2.15. The molecule has 0 aromatic carbocycles. The lowest BCUT2D eigenvalue weighted by atomic mass is 9.99. The predicted molar refractivity (Wildman–Crippen MR) is 155 cm³/mol. The van der Waals surface area contributed by atoms with Gasteiger partial charge in [-0.15, -0.1) is 0 Å². The summed E-state index contributed by atoms with van der Waals surface area (Å²) in [4.78, 5) is 23.7. The number of hydrogen-bond acceptors (Lipinski definition) is 5. The molecule has 0 heterocycles. The van der Waals surface area contributed by atoms with E-state index in [1.807, 2.05) is 0 Å². The van der Waals surface area contributed by atoms with Gasteiger partial charge < -0.3 is 14.6 Å². The number of rotatable bonds is 27. The van der Waals surface area contributed by atoms with Crippen molar-refractivity contribution >= 4 is 11.9 Å². The molecule has 5 nitrogen and oxygen atoms in total. The lowest BCUT2D eigenvalue weighted by Gasteiger charge is -2.12. The molecule has 0 aromatic heterocycles. The molecule has 37 heavy (non-hydrogen) atoms. The van der Waals surface area contributed by atoms with Crippen LogP contribution in [0.15, 0.2) is 0 Å².